The molecular weight excluding hydrogens is 362 g/mol. The number of nitrogens with zero attached hydrogens (tertiary/aromatic N) is 4. The summed E-state index contributed by atoms with van der Waals surface area (Å²) in [6.45, 7) is 4.50. The summed E-state index contributed by atoms with van der Waals surface area (Å²) in [5.74, 6) is -2.22. The number of nitrogens with one attached hydrogen (secondary N) is 1. The molecule has 142 valence electrons. The van der Waals surface area contributed by atoms with E-state index in [2.05, 4.69) is 27.0 Å². The molecule has 0 atom stereocenters. The van der Waals surface area contributed by atoms with Crippen LogP contribution in [0.3, 0.4) is 0 Å². The fraction of sp³-hybridized carbons (Fsp3) is 0.429. The first-order valence-electron chi connectivity index (χ1n) is 7.20. The minimum Gasteiger partial charge on any atom is -0.475 e. The number of carbonyl (C=O) groups is 1. The Morgan fingerprint density at radius 3 is 2.50 bits per heavy atom. The van der Waals surface area contributed by atoms with Crippen molar-refractivity contribution in [3.05, 3.63) is 30.8 Å². The Bertz CT molecular complexity index is 795. The molecule has 12 heteroatoms. The van der Waals surface area contributed by atoms with E-state index >= 15 is 0 Å². The van der Waals surface area contributed by atoms with Gasteiger partial charge in [-0.15, -0.1) is 0 Å². The molecule has 0 bridgehead atoms. The Kier molecular flexibility index (Phi) is 5.44. The summed E-state index contributed by atoms with van der Waals surface area (Å²) < 4.78 is 52.2. The minimum atomic E-state index is -5.08. The Balaban J connectivity index is 0.000000298. The van der Waals surface area contributed by atoms with Crippen LogP contribution in [0.4, 0.5) is 17.6 Å². The van der Waals surface area contributed by atoms with E-state index < -0.39 is 17.6 Å². The van der Waals surface area contributed by atoms with E-state index in [1.165, 1.54) is 0 Å². The molecule has 3 heterocycles. The second-order valence-electron chi connectivity index (χ2n) is 5.67. The Morgan fingerprint density at radius 1 is 1.50 bits per heavy atom. The van der Waals surface area contributed by atoms with Crippen LogP contribution >= 0.6 is 0 Å². The maximum atomic E-state index is 13.5. The van der Waals surface area contributed by atoms with Gasteiger partial charge in [-0.25, -0.2) is 14.2 Å². The smallest absolute Gasteiger partial charge is 0.475 e. The molecule has 0 aromatic carbocycles. The van der Waals surface area contributed by atoms with Gasteiger partial charge in [0.25, 0.3) is 0 Å². The van der Waals surface area contributed by atoms with Crippen LogP contribution in [-0.4, -0.2) is 50.0 Å². The van der Waals surface area contributed by atoms with Gasteiger partial charge in [0.1, 0.15) is 11.5 Å². The lowest BCUT2D eigenvalue weighted by molar-refractivity contribution is -0.192. The van der Waals surface area contributed by atoms with E-state index in [-0.39, 0.29) is 5.83 Å². The van der Waals surface area contributed by atoms with Gasteiger partial charge in [0.05, 0.1) is 17.9 Å². The number of halogens is 4. The third-order valence-corrected chi connectivity index (χ3v) is 3.75. The van der Waals surface area contributed by atoms with Gasteiger partial charge in [-0.2, -0.15) is 18.2 Å². The van der Waals surface area contributed by atoms with Crippen molar-refractivity contribution < 1.29 is 32.0 Å². The predicted molar refractivity (Wildman–Crippen MR) is 79.4 cm³/mol. The molecule has 0 radical (unpaired) electrons. The van der Waals surface area contributed by atoms with Crippen LogP contribution in [0.2, 0.25) is 0 Å². The molecule has 1 fully saturated rings. The van der Waals surface area contributed by atoms with Gasteiger partial charge < -0.3 is 19.5 Å². The van der Waals surface area contributed by atoms with Gasteiger partial charge >= 0.3 is 12.1 Å². The molecule has 0 aliphatic carbocycles. The van der Waals surface area contributed by atoms with E-state index in [9.17, 15) is 17.6 Å². The van der Waals surface area contributed by atoms with Crippen LogP contribution in [-0.2, 0) is 18.3 Å². The first kappa shape index (κ1) is 19.6. The van der Waals surface area contributed by atoms with Gasteiger partial charge in [0.2, 0.25) is 11.7 Å². The van der Waals surface area contributed by atoms with E-state index in [0.717, 1.165) is 5.69 Å². The average Bonchev–Trinajstić information content (AvgIpc) is 3.10. The third-order valence-electron chi connectivity index (χ3n) is 3.75. The Morgan fingerprint density at radius 2 is 2.12 bits per heavy atom. The van der Waals surface area contributed by atoms with Crippen molar-refractivity contribution in [1.82, 2.24) is 25.0 Å². The third kappa shape index (κ3) is 4.25. The lowest BCUT2D eigenvalue weighted by Gasteiger charge is -2.40. The highest BCUT2D eigenvalue weighted by molar-refractivity contribution is 5.73. The number of aromatic nitrogens is 4. The van der Waals surface area contributed by atoms with Crippen molar-refractivity contribution in [3.8, 4) is 11.5 Å². The molecule has 2 N–H and O–H groups in total. The number of aliphatic carboxylic acids is 1. The van der Waals surface area contributed by atoms with E-state index in [1.54, 1.807) is 17.1 Å². The number of alkyl halides is 3. The predicted octanol–water partition coefficient (Wildman–Crippen LogP) is 1.72. The second kappa shape index (κ2) is 7.23. The Labute approximate surface area is 144 Å². The highest BCUT2D eigenvalue weighted by atomic mass is 19.4. The van der Waals surface area contributed by atoms with Crippen LogP contribution in [0.5, 0.6) is 0 Å². The lowest BCUT2D eigenvalue weighted by Crippen LogP contribution is -2.55. The molecule has 1 aliphatic heterocycles. The number of carboxylic acid groups (broad SMARTS) is 1. The first-order chi connectivity index (χ1) is 12.0. The fourth-order valence-electron chi connectivity index (χ4n) is 2.13. The molecule has 1 saturated heterocycles. The molecule has 8 nitrogen and oxygen atoms in total. The molecule has 0 saturated carbocycles. The normalized spacial score (nSPS) is 15.6. The van der Waals surface area contributed by atoms with Crippen molar-refractivity contribution in [2.45, 2.75) is 12.6 Å². The van der Waals surface area contributed by atoms with Crippen molar-refractivity contribution in [1.29, 1.82) is 0 Å². The maximum Gasteiger partial charge on any atom is 0.490 e. The van der Waals surface area contributed by atoms with Crippen molar-refractivity contribution >= 4 is 5.97 Å². The molecule has 2 aromatic rings. The number of imidazole rings is 1. The molecule has 0 spiro atoms. The summed E-state index contributed by atoms with van der Waals surface area (Å²) in [5.41, 5.74) is 0.158. The quantitative estimate of drug-likeness (QED) is 0.782. The topological polar surface area (TPSA) is 106 Å². The molecule has 1 aliphatic rings. The summed E-state index contributed by atoms with van der Waals surface area (Å²) in [6, 6.07) is 0. The van der Waals surface area contributed by atoms with Gasteiger partial charge in [-0.05, 0) is 0 Å². The number of hydrogen-bond acceptors (Lipinski definition) is 6. The summed E-state index contributed by atoms with van der Waals surface area (Å²) in [6.07, 6.45) is -1.41. The fourth-order valence-corrected chi connectivity index (χ4v) is 2.13. The van der Waals surface area contributed by atoms with E-state index in [1.807, 2.05) is 7.05 Å². The van der Waals surface area contributed by atoms with Crippen molar-refractivity contribution in [2.24, 2.45) is 12.5 Å². The summed E-state index contributed by atoms with van der Waals surface area (Å²) in [4.78, 5) is 17.2. The molecule has 3 rings (SSSR count). The second-order valence-corrected chi connectivity index (χ2v) is 5.67. The van der Waals surface area contributed by atoms with Gasteiger partial charge in [0.15, 0.2) is 0 Å². The van der Waals surface area contributed by atoms with Crippen LogP contribution in [0, 0.1) is 5.41 Å². The number of hydrogen-bond donors (Lipinski definition) is 2. The first-order valence-corrected chi connectivity index (χ1v) is 7.20. The van der Waals surface area contributed by atoms with E-state index in [0.29, 0.717) is 31.2 Å². The number of rotatable bonds is 4. The minimum absolute atomic E-state index is 0.341. The SMILES string of the molecule is C=C(F)C1(Cc2nc(-c3cncn3C)no2)CNC1.O=C(O)C(F)(F)F. The zero-order valence-electron chi connectivity index (χ0n) is 13.5. The zero-order chi connectivity index (χ0) is 19.5. The van der Waals surface area contributed by atoms with Crippen LogP contribution in [0.1, 0.15) is 5.89 Å². The van der Waals surface area contributed by atoms with Crippen LogP contribution in [0.25, 0.3) is 11.5 Å². The van der Waals surface area contributed by atoms with Gasteiger partial charge in [-0.3, -0.25) is 0 Å². The molecule has 2 aromatic heterocycles. The lowest BCUT2D eigenvalue weighted by atomic mass is 9.78. The van der Waals surface area contributed by atoms with Crippen molar-refractivity contribution in [2.75, 3.05) is 13.1 Å². The molecular formula is C14H15F4N5O3. The summed E-state index contributed by atoms with van der Waals surface area (Å²) in [7, 11) is 1.85. The number of carboxylic acids is 1. The van der Waals surface area contributed by atoms with Crippen LogP contribution < -0.4 is 5.32 Å². The average molecular weight is 377 g/mol. The van der Waals surface area contributed by atoms with E-state index in [4.69, 9.17) is 14.4 Å². The van der Waals surface area contributed by atoms with Crippen LogP contribution in [0.15, 0.2) is 29.5 Å². The summed E-state index contributed by atoms with van der Waals surface area (Å²) >= 11 is 0. The van der Waals surface area contributed by atoms with Gasteiger partial charge in [-0.1, -0.05) is 11.7 Å². The molecule has 26 heavy (non-hydrogen) atoms. The maximum absolute atomic E-state index is 13.5. The number of aryl methyl sites for hydroxylation is 1. The highest BCUT2D eigenvalue weighted by Crippen LogP contribution is 2.35. The van der Waals surface area contributed by atoms with Gasteiger partial charge in [0, 0.05) is 26.6 Å². The largest absolute Gasteiger partial charge is 0.490 e. The Hall–Kier alpha value is -2.76. The zero-order valence-corrected chi connectivity index (χ0v) is 13.5. The molecule has 0 unspecified atom stereocenters. The molecule has 0 amide bonds. The summed E-state index contributed by atoms with van der Waals surface area (Å²) in [5, 5.41) is 14.1. The van der Waals surface area contributed by atoms with Crippen molar-refractivity contribution in [3.63, 3.8) is 0 Å². The monoisotopic (exact) mass is 377 g/mol. The highest BCUT2D eigenvalue weighted by Gasteiger charge is 2.42. The standard InChI is InChI=1S/C12H14FN5O.C2HF3O2/c1-8(13)12(5-15-6-12)3-10-16-11(17-19-10)9-4-14-7-18(9)2;3-2(4,5)1(6)7/h4,7,15H,1,3,5-6H2,2H3;(H,6,7).